The first-order valence-corrected chi connectivity index (χ1v) is 14.0. The summed E-state index contributed by atoms with van der Waals surface area (Å²) in [6.07, 6.45) is 7.56. The molecule has 0 saturated carbocycles. The Bertz CT molecular complexity index is 1570. The van der Waals surface area contributed by atoms with E-state index in [4.69, 9.17) is 34.4 Å². The molecule has 0 radical (unpaired) electrons. The van der Waals surface area contributed by atoms with Crippen LogP contribution in [-0.4, -0.2) is 83.5 Å². The largest absolute Gasteiger partial charge is 0.476 e. The van der Waals surface area contributed by atoms with Gasteiger partial charge in [0, 0.05) is 32.9 Å². The summed E-state index contributed by atoms with van der Waals surface area (Å²) >= 11 is 0. The van der Waals surface area contributed by atoms with Crippen molar-refractivity contribution < 1.29 is 19.3 Å². The van der Waals surface area contributed by atoms with Crippen LogP contribution in [0.4, 0.5) is 0 Å². The van der Waals surface area contributed by atoms with E-state index < -0.39 is 0 Å². The van der Waals surface area contributed by atoms with Gasteiger partial charge in [-0.05, 0) is 53.8 Å². The van der Waals surface area contributed by atoms with Gasteiger partial charge in [-0.1, -0.05) is 0 Å². The van der Waals surface area contributed by atoms with E-state index in [-0.39, 0.29) is 24.8 Å². The Kier molecular flexibility index (Phi) is 8.16. The summed E-state index contributed by atoms with van der Waals surface area (Å²) in [5, 5.41) is 19.6. The van der Waals surface area contributed by atoms with Crippen LogP contribution in [0.3, 0.4) is 0 Å². The molecule has 0 amide bonds. The second-order valence-electron chi connectivity index (χ2n) is 10.7. The number of fused-ring (bicyclic) bond motifs is 4. The molecule has 3 atom stereocenters. The van der Waals surface area contributed by atoms with E-state index in [0.29, 0.717) is 31.5 Å². The molecule has 0 aromatic carbocycles. The maximum atomic E-state index is 10.0. The van der Waals surface area contributed by atoms with Crippen LogP contribution in [0, 0.1) is 6.92 Å². The number of aliphatic hydroxyl groups is 1. The minimum absolute atomic E-state index is 0.00141. The molecule has 12 heteroatoms. The molecule has 0 fully saturated rings. The van der Waals surface area contributed by atoms with Crippen molar-refractivity contribution in [3.8, 4) is 23.0 Å². The Morgan fingerprint density at radius 2 is 1.98 bits per heavy atom. The van der Waals surface area contributed by atoms with E-state index >= 15 is 0 Å². The fraction of sp³-hybridized carbons (Fsp3) is 0.517. The van der Waals surface area contributed by atoms with Crippen LogP contribution >= 0.6 is 0 Å². The van der Waals surface area contributed by atoms with Gasteiger partial charge in [0.05, 0.1) is 65.8 Å². The highest BCUT2D eigenvalue weighted by Gasteiger charge is 2.29. The summed E-state index contributed by atoms with van der Waals surface area (Å²) in [5.74, 6) is 1.88. The van der Waals surface area contributed by atoms with Gasteiger partial charge in [-0.25, -0.2) is 14.6 Å². The number of rotatable bonds is 6. The summed E-state index contributed by atoms with van der Waals surface area (Å²) in [7, 11) is 5.59. The van der Waals surface area contributed by atoms with Crippen molar-refractivity contribution in [2.75, 3.05) is 27.4 Å². The number of aliphatic hydroxyl groups excluding tert-OH is 1. The van der Waals surface area contributed by atoms with E-state index in [9.17, 15) is 5.11 Å². The zero-order valence-corrected chi connectivity index (χ0v) is 25.1. The van der Waals surface area contributed by atoms with Crippen molar-refractivity contribution in [2.45, 2.75) is 66.0 Å². The van der Waals surface area contributed by atoms with E-state index in [1.54, 1.807) is 11.8 Å². The molecule has 0 unspecified atom stereocenters. The van der Waals surface area contributed by atoms with Crippen molar-refractivity contribution in [3.63, 3.8) is 0 Å². The lowest BCUT2D eigenvalue weighted by molar-refractivity contribution is 0.0914. The summed E-state index contributed by atoms with van der Waals surface area (Å²) in [6, 6.07) is -0.230. The smallest absolute Gasteiger partial charge is 0.240 e. The average molecular weight is 565 g/mol. The van der Waals surface area contributed by atoms with Crippen LogP contribution in [0.1, 0.15) is 62.2 Å². The molecule has 220 valence electrons. The second kappa shape index (κ2) is 11.6. The molecular formula is C29H40N8O4. The van der Waals surface area contributed by atoms with Crippen molar-refractivity contribution in [2.24, 2.45) is 7.05 Å². The van der Waals surface area contributed by atoms with E-state index in [2.05, 4.69) is 25.8 Å². The van der Waals surface area contributed by atoms with Crippen molar-refractivity contribution in [1.29, 1.82) is 0 Å². The molecule has 12 nitrogen and oxygen atoms in total. The third kappa shape index (κ3) is 5.22. The minimum Gasteiger partial charge on any atom is -0.476 e. The van der Waals surface area contributed by atoms with Crippen molar-refractivity contribution >= 4 is 17.7 Å². The number of hydrogen-bond acceptors (Lipinski definition) is 9. The number of hydrogen-bond donors (Lipinski definition) is 1. The summed E-state index contributed by atoms with van der Waals surface area (Å²) in [4.78, 5) is 11.9. The van der Waals surface area contributed by atoms with Gasteiger partial charge < -0.3 is 19.3 Å². The first-order chi connectivity index (χ1) is 19.7. The van der Waals surface area contributed by atoms with Gasteiger partial charge in [0.15, 0.2) is 0 Å². The summed E-state index contributed by atoms with van der Waals surface area (Å²) in [5.41, 5.74) is 5.79. The predicted octanol–water partition coefficient (Wildman–Crippen LogP) is 3.50. The second-order valence-corrected chi connectivity index (χ2v) is 10.7. The fourth-order valence-corrected chi connectivity index (χ4v) is 5.24. The normalized spacial score (nSPS) is 19.3. The zero-order chi connectivity index (χ0) is 29.4. The lowest BCUT2D eigenvalue weighted by Crippen LogP contribution is -2.41. The third-order valence-corrected chi connectivity index (χ3v) is 7.79. The molecule has 1 aliphatic heterocycles. The molecule has 4 aromatic rings. The number of methoxy groups -OCH3 is 1. The van der Waals surface area contributed by atoms with Gasteiger partial charge in [0.25, 0.3) is 0 Å². The first kappa shape index (κ1) is 28.8. The number of ether oxygens (including phenoxy) is 3. The quantitative estimate of drug-likeness (QED) is 0.375. The first-order valence-electron chi connectivity index (χ1n) is 14.0. The van der Waals surface area contributed by atoms with Gasteiger partial charge >= 0.3 is 0 Å². The molecule has 4 aromatic heterocycles. The third-order valence-electron chi connectivity index (χ3n) is 7.79. The van der Waals surface area contributed by atoms with Crippen LogP contribution < -0.4 is 9.47 Å². The van der Waals surface area contributed by atoms with E-state index in [1.807, 2.05) is 61.4 Å². The molecule has 5 rings (SSSR count). The van der Waals surface area contributed by atoms with Crippen LogP contribution in [0.25, 0.3) is 28.9 Å². The van der Waals surface area contributed by atoms with Gasteiger partial charge in [-0.15, -0.1) is 5.10 Å². The molecular weight excluding hydrogens is 524 g/mol. The number of aryl methyl sites for hydroxylation is 2. The molecule has 0 spiro atoms. The van der Waals surface area contributed by atoms with E-state index in [1.165, 1.54) is 0 Å². The molecule has 2 bridgehead atoms. The van der Waals surface area contributed by atoms with Gasteiger partial charge in [-0.2, -0.15) is 5.10 Å². The van der Waals surface area contributed by atoms with Crippen LogP contribution in [-0.2, 0) is 24.9 Å². The fourth-order valence-electron chi connectivity index (χ4n) is 5.24. The Labute approximate surface area is 240 Å². The molecule has 1 N–H and O–H groups in total. The lowest BCUT2D eigenvalue weighted by Gasteiger charge is -2.31. The van der Waals surface area contributed by atoms with Gasteiger partial charge in [-0.3, -0.25) is 14.0 Å². The number of imidazole rings is 1. The highest BCUT2D eigenvalue weighted by molar-refractivity contribution is 5.74. The molecule has 1 aliphatic rings. The molecule has 41 heavy (non-hydrogen) atoms. The zero-order valence-electron chi connectivity index (χ0n) is 25.1. The summed E-state index contributed by atoms with van der Waals surface area (Å²) in [6.45, 7) is 11.3. The minimum atomic E-state index is -0.231. The topological polar surface area (TPSA) is 117 Å². The highest BCUT2D eigenvalue weighted by Crippen LogP contribution is 2.35. The Hall–Kier alpha value is -3.74. The SMILES string of the molecule is CCOc1nn([C@@H](C)CO)c2c1/C=C/c1ncc3c(C)nc(cn13)-c1c(COC)nn(C)c1O[C@@H](C)[C@@H](C)N(C)C2. The molecule has 0 saturated heterocycles. The predicted molar refractivity (Wildman–Crippen MR) is 156 cm³/mol. The van der Waals surface area contributed by atoms with Crippen LogP contribution in [0.2, 0.25) is 0 Å². The van der Waals surface area contributed by atoms with Crippen LogP contribution in [0.5, 0.6) is 11.8 Å². The Balaban J connectivity index is 1.77. The Morgan fingerprint density at radius 3 is 2.68 bits per heavy atom. The summed E-state index contributed by atoms with van der Waals surface area (Å²) < 4.78 is 23.8. The molecule has 5 heterocycles. The number of likely N-dealkylation sites (N-methyl/N-ethyl adjacent to an activating group) is 1. The van der Waals surface area contributed by atoms with Gasteiger partial charge in [0.2, 0.25) is 11.8 Å². The molecule has 0 aliphatic carbocycles. The number of aromatic nitrogens is 7. The Morgan fingerprint density at radius 1 is 1.20 bits per heavy atom. The van der Waals surface area contributed by atoms with E-state index in [0.717, 1.165) is 45.2 Å². The highest BCUT2D eigenvalue weighted by atomic mass is 16.5. The van der Waals surface area contributed by atoms with Crippen molar-refractivity contribution in [3.05, 3.63) is 40.9 Å². The maximum absolute atomic E-state index is 10.0. The van der Waals surface area contributed by atoms with Crippen molar-refractivity contribution in [1.82, 2.24) is 38.8 Å². The number of nitrogens with zero attached hydrogens (tertiary/aromatic N) is 8. The lowest BCUT2D eigenvalue weighted by atomic mass is 10.1. The average Bonchev–Trinajstić information content (AvgIpc) is 3.60. The van der Waals surface area contributed by atoms with Gasteiger partial charge in [0.1, 0.15) is 17.6 Å². The maximum Gasteiger partial charge on any atom is 0.240 e. The monoisotopic (exact) mass is 564 g/mol. The van der Waals surface area contributed by atoms with Crippen LogP contribution in [0.15, 0.2) is 12.4 Å². The standard InChI is InChI=1S/C29H40N8O4/c1-9-40-28-21-10-11-26-30-12-24-18(3)31-22(13-36(24)26)27-23(16-39-8)32-35(7)29(27)41-20(5)19(4)34(6)14-25(21)37(33-28)17(2)15-38/h10-13,17,19-20,38H,9,14-16H2,1-8H3/b11-10+/t17-,19+,20-/m0/s1.